The Labute approximate surface area is 336 Å². The minimum Gasteiger partial charge on any atom is -0.481 e. The quantitative estimate of drug-likeness (QED) is 0.178. The fourth-order valence-electron chi connectivity index (χ4n) is 14.6. The molecule has 0 bridgehead atoms. The van der Waals surface area contributed by atoms with Gasteiger partial charge in [-0.1, -0.05) is 80.0 Å². The largest absolute Gasteiger partial charge is 0.481 e. The summed E-state index contributed by atoms with van der Waals surface area (Å²) >= 11 is 0. The molecule has 6 aliphatic carbocycles. The van der Waals surface area contributed by atoms with Gasteiger partial charge in [0.05, 0.1) is 16.7 Å². The predicted molar refractivity (Wildman–Crippen MR) is 218 cm³/mol. The molecule has 5 fully saturated rings. The van der Waals surface area contributed by atoms with Gasteiger partial charge in [0.1, 0.15) is 6.10 Å². The molecule has 1 aromatic carbocycles. The van der Waals surface area contributed by atoms with Crippen LogP contribution >= 0.6 is 0 Å². The van der Waals surface area contributed by atoms with E-state index in [4.69, 9.17) is 4.74 Å². The standard InChI is InChI=1S/C47H69NO7S/c1-28(2)38-34(49)26-47(23-24-48-27-29-11-13-30(14-12-29)56(10,53)54)22-21-45(8)31(39(38)47)15-16-36-44(7)19-18-37(43(5,6)35(44)17-20-46(36,45)9)55-41(52)33-25-32(40(50)51)42(33,3)4/h11-14,28,31-33,35-37,48H,15-27H2,1-10H3,(H,50,51)/t31-,32+,33-,35+,36-,37+,44+,45-,46-,47-/m1/s1. The summed E-state index contributed by atoms with van der Waals surface area (Å²) in [6, 6.07) is 7.13. The number of hydrogen-bond donors (Lipinski definition) is 2. The van der Waals surface area contributed by atoms with Gasteiger partial charge in [0, 0.05) is 30.1 Å². The van der Waals surface area contributed by atoms with E-state index in [0.29, 0.717) is 47.8 Å². The van der Waals surface area contributed by atoms with Gasteiger partial charge in [-0.05, 0) is 139 Å². The molecule has 0 saturated heterocycles. The van der Waals surface area contributed by atoms with E-state index in [1.165, 1.54) is 11.8 Å². The molecule has 6 aliphatic rings. The number of ketones is 1. The Morgan fingerprint density at radius 2 is 1.54 bits per heavy atom. The van der Waals surface area contributed by atoms with Gasteiger partial charge in [-0.3, -0.25) is 14.4 Å². The molecule has 310 valence electrons. The number of nitrogens with one attached hydrogen (secondary N) is 1. The SMILES string of the molecule is CC(C)C1=C2[C@H]3CC[C@@H]4[C@@]5(C)CC[C@H](OC(=O)[C@H]6C[C@@H](C(=O)O)C6(C)C)C(C)(C)[C@@H]5CC[C@@]4(C)[C@]3(C)CC[C@@]2(CCNCc2ccc(S(C)(=O)=O)cc2)CC1=O. The number of esters is 1. The van der Waals surface area contributed by atoms with Crippen molar-refractivity contribution in [1.29, 1.82) is 0 Å². The Balaban J connectivity index is 1.09. The average Bonchev–Trinajstić information content (AvgIpc) is 3.39. The molecule has 1 aromatic rings. The lowest BCUT2D eigenvalue weighted by Gasteiger charge is -2.72. The van der Waals surface area contributed by atoms with Gasteiger partial charge in [-0.15, -0.1) is 0 Å². The number of ether oxygens (including phenoxy) is 1. The molecule has 10 atom stereocenters. The van der Waals surface area contributed by atoms with E-state index in [9.17, 15) is 27.9 Å². The van der Waals surface area contributed by atoms with Crippen molar-refractivity contribution in [2.45, 2.75) is 150 Å². The molecule has 0 radical (unpaired) electrons. The maximum absolute atomic E-state index is 14.1. The van der Waals surface area contributed by atoms with Crippen LogP contribution in [0, 0.1) is 68.0 Å². The van der Waals surface area contributed by atoms with Gasteiger partial charge in [0.2, 0.25) is 0 Å². The molecule has 0 unspecified atom stereocenters. The van der Waals surface area contributed by atoms with Crippen molar-refractivity contribution in [3.63, 3.8) is 0 Å². The van der Waals surface area contributed by atoms with Crippen LogP contribution in [0.25, 0.3) is 0 Å². The van der Waals surface area contributed by atoms with E-state index < -0.39 is 27.1 Å². The van der Waals surface area contributed by atoms with Crippen LogP contribution in [0.15, 0.2) is 40.3 Å². The second-order valence-corrected chi connectivity index (χ2v) is 23.6. The second kappa shape index (κ2) is 13.8. The smallest absolute Gasteiger partial charge is 0.309 e. The van der Waals surface area contributed by atoms with E-state index in [1.807, 2.05) is 26.0 Å². The number of benzene rings is 1. The number of carboxylic acid groups (broad SMARTS) is 1. The molecular weight excluding hydrogens is 723 g/mol. The van der Waals surface area contributed by atoms with Crippen LogP contribution < -0.4 is 5.32 Å². The number of carbonyl (C=O) groups excluding carboxylic acids is 2. The minimum atomic E-state index is -3.23. The first-order chi connectivity index (χ1) is 25.9. The van der Waals surface area contributed by atoms with Crippen LogP contribution in [0.3, 0.4) is 0 Å². The third-order valence-electron chi connectivity index (χ3n) is 18.1. The van der Waals surface area contributed by atoms with Gasteiger partial charge in [0.25, 0.3) is 0 Å². The highest BCUT2D eigenvalue weighted by molar-refractivity contribution is 7.90. The third kappa shape index (κ3) is 6.20. The van der Waals surface area contributed by atoms with Crippen LogP contribution in [0.1, 0.15) is 139 Å². The lowest BCUT2D eigenvalue weighted by atomic mass is 9.33. The molecule has 0 heterocycles. The molecule has 5 saturated carbocycles. The number of Topliss-reactive ketones (excluding diaryl/α,β-unsaturated/α-hetero) is 1. The molecular formula is C47H69NO7S. The molecule has 0 aromatic heterocycles. The molecule has 0 aliphatic heterocycles. The lowest BCUT2D eigenvalue weighted by Crippen LogP contribution is -2.66. The van der Waals surface area contributed by atoms with Crippen LogP contribution in [-0.4, -0.2) is 50.2 Å². The van der Waals surface area contributed by atoms with Gasteiger partial charge in [0.15, 0.2) is 15.6 Å². The van der Waals surface area contributed by atoms with Crippen molar-refractivity contribution >= 4 is 27.6 Å². The second-order valence-electron chi connectivity index (χ2n) is 21.6. The van der Waals surface area contributed by atoms with E-state index >= 15 is 0 Å². The lowest BCUT2D eigenvalue weighted by molar-refractivity contribution is -0.236. The van der Waals surface area contributed by atoms with Crippen LogP contribution in [0.4, 0.5) is 0 Å². The Hall–Kier alpha value is -2.52. The minimum absolute atomic E-state index is 0.0756. The molecule has 0 amide bonds. The van der Waals surface area contributed by atoms with E-state index in [1.54, 1.807) is 12.1 Å². The Morgan fingerprint density at radius 3 is 2.14 bits per heavy atom. The highest BCUT2D eigenvalue weighted by Crippen LogP contribution is 2.77. The Kier molecular flexibility index (Phi) is 10.2. The number of allylic oxidation sites excluding steroid dienone is 2. The summed E-state index contributed by atoms with van der Waals surface area (Å²) in [5.41, 5.74) is 3.06. The monoisotopic (exact) mass is 791 g/mol. The maximum Gasteiger partial charge on any atom is 0.309 e. The molecule has 0 spiro atoms. The van der Waals surface area contributed by atoms with E-state index in [-0.39, 0.29) is 51.0 Å². The van der Waals surface area contributed by atoms with E-state index in [0.717, 1.165) is 75.5 Å². The van der Waals surface area contributed by atoms with Gasteiger partial charge in [-0.2, -0.15) is 0 Å². The maximum atomic E-state index is 14.1. The third-order valence-corrected chi connectivity index (χ3v) is 19.2. The van der Waals surface area contributed by atoms with Gasteiger partial charge in [-0.25, -0.2) is 8.42 Å². The first-order valence-electron chi connectivity index (χ1n) is 21.6. The van der Waals surface area contributed by atoms with Crippen LogP contribution in [0.5, 0.6) is 0 Å². The molecule has 56 heavy (non-hydrogen) atoms. The number of aliphatic carboxylic acids is 1. The summed E-state index contributed by atoms with van der Waals surface area (Å²) in [5.74, 6) is -0.0350. The predicted octanol–water partition coefficient (Wildman–Crippen LogP) is 9.21. The number of sulfone groups is 1. The van der Waals surface area contributed by atoms with Crippen molar-refractivity contribution in [3.05, 3.63) is 41.0 Å². The van der Waals surface area contributed by atoms with Gasteiger partial charge < -0.3 is 15.2 Å². The van der Waals surface area contributed by atoms with Crippen molar-refractivity contribution in [1.82, 2.24) is 5.32 Å². The van der Waals surface area contributed by atoms with Crippen LogP contribution in [0.2, 0.25) is 0 Å². The number of carboxylic acids is 1. The molecule has 8 nitrogen and oxygen atoms in total. The molecule has 7 rings (SSSR count). The van der Waals surface area contributed by atoms with E-state index in [2.05, 4.69) is 53.8 Å². The fraction of sp³-hybridized carbons (Fsp3) is 0.766. The topological polar surface area (TPSA) is 127 Å². The van der Waals surface area contributed by atoms with Crippen molar-refractivity contribution < 1.29 is 32.6 Å². The summed E-state index contributed by atoms with van der Waals surface area (Å²) in [7, 11) is -3.23. The first-order valence-corrected chi connectivity index (χ1v) is 23.5. The van der Waals surface area contributed by atoms with Crippen LogP contribution in [-0.2, 0) is 35.5 Å². The highest BCUT2D eigenvalue weighted by atomic mass is 32.2. The van der Waals surface area contributed by atoms with Crippen molar-refractivity contribution in [2.75, 3.05) is 12.8 Å². The number of hydrogen-bond acceptors (Lipinski definition) is 7. The zero-order valence-corrected chi connectivity index (χ0v) is 36.7. The Bertz CT molecular complexity index is 1910. The average molecular weight is 792 g/mol. The van der Waals surface area contributed by atoms with Crippen molar-refractivity contribution in [3.8, 4) is 0 Å². The van der Waals surface area contributed by atoms with Crippen molar-refractivity contribution in [2.24, 2.45) is 68.0 Å². The summed E-state index contributed by atoms with van der Waals surface area (Å²) in [6.07, 6.45) is 11.5. The zero-order chi connectivity index (χ0) is 41.0. The summed E-state index contributed by atoms with van der Waals surface area (Å²) in [4.78, 5) is 39.8. The van der Waals surface area contributed by atoms with Gasteiger partial charge >= 0.3 is 11.9 Å². The molecule has 2 N–H and O–H groups in total. The fourth-order valence-corrected chi connectivity index (χ4v) is 15.2. The molecule has 9 heteroatoms. The summed E-state index contributed by atoms with van der Waals surface area (Å²) in [5, 5.41) is 13.3. The highest BCUT2D eigenvalue weighted by Gasteiger charge is 2.70. The zero-order valence-electron chi connectivity index (χ0n) is 35.8. The Morgan fingerprint density at radius 1 is 0.857 bits per heavy atom. The number of carbonyl (C=O) groups is 3. The summed E-state index contributed by atoms with van der Waals surface area (Å²) in [6.45, 7) is 22.1. The summed E-state index contributed by atoms with van der Waals surface area (Å²) < 4.78 is 30.3. The number of fused-ring (bicyclic) bond motifs is 7. The first kappa shape index (κ1) is 41.6. The normalized spacial score (nSPS) is 39.9. The number of rotatable bonds is 10.